The Kier molecular flexibility index (Phi) is 7.18. The summed E-state index contributed by atoms with van der Waals surface area (Å²) in [6, 6.07) is 8.07. The van der Waals surface area contributed by atoms with Crippen molar-refractivity contribution in [3.05, 3.63) is 34.9 Å². The second-order valence-electron chi connectivity index (χ2n) is 6.38. The van der Waals surface area contributed by atoms with Crippen LogP contribution in [0.2, 0.25) is 5.02 Å². The Labute approximate surface area is 145 Å². The Morgan fingerprint density at radius 1 is 1.43 bits per heavy atom. The SMILES string of the molecule is CCNC(=NCC1CCCN(C)C1)NC(C)c1ccccc1Cl. The highest BCUT2D eigenvalue weighted by Crippen LogP contribution is 2.22. The van der Waals surface area contributed by atoms with E-state index in [-0.39, 0.29) is 6.04 Å². The maximum absolute atomic E-state index is 6.29. The van der Waals surface area contributed by atoms with E-state index in [1.54, 1.807) is 0 Å². The van der Waals surface area contributed by atoms with E-state index < -0.39 is 0 Å². The summed E-state index contributed by atoms with van der Waals surface area (Å²) in [5.41, 5.74) is 1.09. The second kappa shape index (κ2) is 9.14. The number of aliphatic imine (C=N–C) groups is 1. The molecule has 1 aromatic rings. The van der Waals surface area contributed by atoms with E-state index >= 15 is 0 Å². The summed E-state index contributed by atoms with van der Waals surface area (Å²) in [5.74, 6) is 1.52. The van der Waals surface area contributed by atoms with Crippen LogP contribution >= 0.6 is 11.6 Å². The highest BCUT2D eigenvalue weighted by Gasteiger charge is 2.17. The van der Waals surface area contributed by atoms with Crippen molar-refractivity contribution in [2.24, 2.45) is 10.9 Å². The highest BCUT2D eigenvalue weighted by molar-refractivity contribution is 6.31. The quantitative estimate of drug-likeness (QED) is 0.640. The summed E-state index contributed by atoms with van der Waals surface area (Å²) in [7, 11) is 2.19. The molecule has 0 bridgehead atoms. The zero-order chi connectivity index (χ0) is 16.7. The van der Waals surface area contributed by atoms with Crippen molar-refractivity contribution in [3.63, 3.8) is 0 Å². The Hall–Kier alpha value is -1.26. The molecular formula is C18H29ClN4. The van der Waals surface area contributed by atoms with Gasteiger partial charge in [-0.25, -0.2) is 0 Å². The number of piperidine rings is 1. The smallest absolute Gasteiger partial charge is 0.191 e. The molecule has 4 nitrogen and oxygen atoms in total. The third-order valence-electron chi connectivity index (χ3n) is 4.30. The van der Waals surface area contributed by atoms with Crippen molar-refractivity contribution in [2.45, 2.75) is 32.7 Å². The first kappa shape index (κ1) is 18.1. The van der Waals surface area contributed by atoms with Crippen LogP contribution in [-0.4, -0.2) is 44.1 Å². The fraction of sp³-hybridized carbons (Fsp3) is 0.611. The molecule has 0 radical (unpaired) electrons. The minimum Gasteiger partial charge on any atom is -0.357 e. The van der Waals surface area contributed by atoms with Crippen LogP contribution in [-0.2, 0) is 0 Å². The fourth-order valence-electron chi connectivity index (χ4n) is 3.07. The topological polar surface area (TPSA) is 39.7 Å². The number of rotatable bonds is 5. The third-order valence-corrected chi connectivity index (χ3v) is 4.64. The van der Waals surface area contributed by atoms with Crippen LogP contribution in [0.1, 0.15) is 38.3 Å². The summed E-state index contributed by atoms with van der Waals surface area (Å²) < 4.78 is 0. The van der Waals surface area contributed by atoms with Gasteiger partial charge >= 0.3 is 0 Å². The number of guanidine groups is 1. The van der Waals surface area contributed by atoms with Crippen LogP contribution in [0.4, 0.5) is 0 Å². The van der Waals surface area contributed by atoms with E-state index in [4.69, 9.17) is 16.6 Å². The van der Waals surface area contributed by atoms with Crippen LogP contribution < -0.4 is 10.6 Å². The second-order valence-corrected chi connectivity index (χ2v) is 6.78. The number of benzene rings is 1. The molecule has 1 aliphatic rings. The molecule has 1 aliphatic heterocycles. The number of hydrogen-bond acceptors (Lipinski definition) is 2. The number of nitrogens with zero attached hydrogens (tertiary/aromatic N) is 2. The molecule has 0 spiro atoms. The Morgan fingerprint density at radius 3 is 2.91 bits per heavy atom. The maximum Gasteiger partial charge on any atom is 0.191 e. The van der Waals surface area contributed by atoms with Gasteiger partial charge in [-0.15, -0.1) is 0 Å². The summed E-state index contributed by atoms with van der Waals surface area (Å²) >= 11 is 6.29. The summed E-state index contributed by atoms with van der Waals surface area (Å²) in [6.07, 6.45) is 2.55. The summed E-state index contributed by atoms with van der Waals surface area (Å²) in [5, 5.41) is 7.59. The molecule has 1 saturated heterocycles. The molecule has 0 amide bonds. The molecule has 23 heavy (non-hydrogen) atoms. The molecule has 0 saturated carbocycles. The van der Waals surface area contributed by atoms with E-state index in [2.05, 4.69) is 42.5 Å². The standard InChI is InChI=1S/C18H29ClN4/c1-4-20-18(21-12-15-8-7-11-23(3)13-15)22-14(2)16-9-5-6-10-17(16)19/h5-6,9-10,14-15H,4,7-8,11-13H2,1-3H3,(H2,20,21,22). The number of hydrogen-bond donors (Lipinski definition) is 2. The van der Waals surface area contributed by atoms with E-state index in [0.29, 0.717) is 5.92 Å². The molecule has 2 N–H and O–H groups in total. The van der Waals surface area contributed by atoms with Gasteiger partial charge in [0.05, 0.1) is 6.04 Å². The average Bonchev–Trinajstić information content (AvgIpc) is 2.53. The summed E-state index contributed by atoms with van der Waals surface area (Å²) in [6.45, 7) is 8.28. The van der Waals surface area contributed by atoms with Gasteiger partial charge in [-0.1, -0.05) is 29.8 Å². The molecule has 1 fully saturated rings. The molecule has 2 rings (SSSR count). The largest absolute Gasteiger partial charge is 0.357 e. The van der Waals surface area contributed by atoms with E-state index in [1.165, 1.54) is 19.4 Å². The fourth-order valence-corrected chi connectivity index (χ4v) is 3.37. The molecule has 1 aromatic carbocycles. The van der Waals surface area contributed by atoms with Crippen molar-refractivity contribution >= 4 is 17.6 Å². The molecular weight excluding hydrogens is 308 g/mol. The number of likely N-dealkylation sites (tertiary alicyclic amines) is 1. The molecule has 2 unspecified atom stereocenters. The van der Waals surface area contributed by atoms with Crippen molar-refractivity contribution in [3.8, 4) is 0 Å². The van der Waals surface area contributed by atoms with Gasteiger partial charge in [-0.2, -0.15) is 0 Å². The lowest BCUT2D eigenvalue weighted by Crippen LogP contribution is -2.40. The predicted molar refractivity (Wildman–Crippen MR) is 99.2 cm³/mol. The first-order chi connectivity index (χ1) is 11.1. The Bertz CT molecular complexity index is 517. The lowest BCUT2D eigenvalue weighted by atomic mass is 9.99. The third kappa shape index (κ3) is 5.70. The van der Waals surface area contributed by atoms with Gasteiger partial charge in [0.2, 0.25) is 0 Å². The zero-order valence-corrected chi connectivity index (χ0v) is 15.2. The maximum atomic E-state index is 6.29. The molecule has 1 heterocycles. The average molecular weight is 337 g/mol. The zero-order valence-electron chi connectivity index (χ0n) is 14.5. The minimum atomic E-state index is 0.121. The van der Waals surface area contributed by atoms with Gasteiger partial charge < -0.3 is 15.5 Å². The molecule has 0 aromatic heterocycles. The summed E-state index contributed by atoms with van der Waals surface area (Å²) in [4.78, 5) is 7.19. The first-order valence-electron chi connectivity index (χ1n) is 8.58. The van der Waals surface area contributed by atoms with Crippen LogP contribution in [0.5, 0.6) is 0 Å². The van der Waals surface area contributed by atoms with Crippen LogP contribution in [0.25, 0.3) is 0 Å². The first-order valence-corrected chi connectivity index (χ1v) is 8.95. The lowest BCUT2D eigenvalue weighted by molar-refractivity contribution is 0.214. The lowest BCUT2D eigenvalue weighted by Gasteiger charge is -2.29. The minimum absolute atomic E-state index is 0.121. The van der Waals surface area contributed by atoms with Crippen LogP contribution in [0.15, 0.2) is 29.3 Å². The van der Waals surface area contributed by atoms with Gasteiger partial charge in [0.15, 0.2) is 5.96 Å². The molecule has 0 aliphatic carbocycles. The Morgan fingerprint density at radius 2 is 2.22 bits per heavy atom. The van der Waals surface area contributed by atoms with Gasteiger partial charge in [-0.05, 0) is 57.8 Å². The van der Waals surface area contributed by atoms with E-state index in [1.807, 2.05) is 18.2 Å². The molecule has 2 atom stereocenters. The molecule has 5 heteroatoms. The van der Waals surface area contributed by atoms with Crippen LogP contribution in [0, 0.1) is 5.92 Å². The molecule has 128 valence electrons. The highest BCUT2D eigenvalue weighted by atomic mass is 35.5. The number of halogens is 1. The monoisotopic (exact) mass is 336 g/mol. The Balaban J connectivity index is 1.97. The number of nitrogens with one attached hydrogen (secondary N) is 2. The van der Waals surface area contributed by atoms with Crippen molar-refractivity contribution in [1.29, 1.82) is 0 Å². The normalized spacial score (nSPS) is 21.0. The van der Waals surface area contributed by atoms with Crippen LogP contribution in [0.3, 0.4) is 0 Å². The van der Waals surface area contributed by atoms with Gasteiger partial charge in [0.1, 0.15) is 0 Å². The van der Waals surface area contributed by atoms with E-state index in [0.717, 1.165) is 36.2 Å². The predicted octanol–water partition coefficient (Wildman–Crippen LogP) is 3.30. The van der Waals surface area contributed by atoms with Gasteiger partial charge in [-0.3, -0.25) is 4.99 Å². The van der Waals surface area contributed by atoms with Crippen molar-refractivity contribution < 1.29 is 0 Å². The van der Waals surface area contributed by atoms with Crippen molar-refractivity contribution in [2.75, 3.05) is 33.2 Å². The van der Waals surface area contributed by atoms with Crippen molar-refractivity contribution in [1.82, 2.24) is 15.5 Å². The van der Waals surface area contributed by atoms with Gasteiger partial charge in [0, 0.05) is 24.7 Å². The van der Waals surface area contributed by atoms with Gasteiger partial charge in [0.25, 0.3) is 0 Å². The van der Waals surface area contributed by atoms with E-state index in [9.17, 15) is 0 Å².